The van der Waals surface area contributed by atoms with Crippen molar-refractivity contribution in [2.24, 2.45) is 0 Å². The largest absolute Gasteiger partial charge is 0.503 e. The molecule has 34 heavy (non-hydrogen) atoms. The summed E-state index contributed by atoms with van der Waals surface area (Å²) in [6.45, 7) is 0. The molecular formula is C26H24ClNO6. The minimum absolute atomic E-state index is 0.00530. The van der Waals surface area contributed by atoms with E-state index >= 15 is 0 Å². The monoisotopic (exact) mass is 481 g/mol. The molecule has 1 fully saturated rings. The Kier molecular flexibility index (Phi) is 5.73. The number of benzene rings is 2. The van der Waals surface area contributed by atoms with Crippen LogP contribution in [-0.2, 0) is 4.79 Å². The highest BCUT2D eigenvalue weighted by atomic mass is 35.5. The second kappa shape index (κ2) is 8.72. The first-order chi connectivity index (χ1) is 16.4. The number of hydrogen-bond acceptors (Lipinski definition) is 6. The van der Waals surface area contributed by atoms with Gasteiger partial charge in [0.05, 0.1) is 25.8 Å². The summed E-state index contributed by atoms with van der Waals surface area (Å²) in [5.74, 6) is -0.675. The van der Waals surface area contributed by atoms with Gasteiger partial charge in [-0.25, -0.2) is 0 Å². The zero-order valence-electron chi connectivity index (χ0n) is 18.8. The molecule has 1 saturated carbocycles. The third kappa shape index (κ3) is 3.60. The minimum Gasteiger partial charge on any atom is -0.503 e. The fraction of sp³-hybridized carbons (Fsp3) is 0.308. The Bertz CT molecular complexity index is 1320. The summed E-state index contributed by atoms with van der Waals surface area (Å²) in [6, 6.07) is 11.2. The first kappa shape index (κ1) is 22.3. The number of furan rings is 1. The van der Waals surface area contributed by atoms with Crippen LogP contribution in [0.15, 0.2) is 58.2 Å². The van der Waals surface area contributed by atoms with Crippen molar-refractivity contribution in [2.75, 3.05) is 14.2 Å². The van der Waals surface area contributed by atoms with Gasteiger partial charge in [0.25, 0.3) is 5.91 Å². The highest BCUT2D eigenvalue weighted by Gasteiger charge is 2.47. The number of rotatable bonds is 6. The molecule has 0 radical (unpaired) electrons. The predicted molar refractivity (Wildman–Crippen MR) is 127 cm³/mol. The number of fused-ring (bicyclic) bond motifs is 1. The smallest absolute Gasteiger partial charge is 0.290 e. The van der Waals surface area contributed by atoms with E-state index in [2.05, 4.69) is 0 Å². The third-order valence-electron chi connectivity index (χ3n) is 6.61. The van der Waals surface area contributed by atoms with Crippen molar-refractivity contribution in [3.05, 3.63) is 70.1 Å². The Morgan fingerprint density at radius 3 is 2.59 bits per heavy atom. The number of methoxy groups -OCH3 is 2. The maximum absolute atomic E-state index is 13.8. The molecule has 8 heteroatoms. The predicted octanol–water partition coefficient (Wildman–Crippen LogP) is 5.62. The van der Waals surface area contributed by atoms with Gasteiger partial charge in [-0.2, -0.15) is 0 Å². The summed E-state index contributed by atoms with van der Waals surface area (Å²) in [5.41, 5.74) is 1.04. The van der Waals surface area contributed by atoms with Crippen molar-refractivity contribution in [1.29, 1.82) is 0 Å². The van der Waals surface area contributed by atoms with E-state index in [1.807, 2.05) is 6.07 Å². The molecule has 1 aliphatic carbocycles. The van der Waals surface area contributed by atoms with E-state index in [0.717, 1.165) is 25.7 Å². The topological polar surface area (TPSA) is 89.2 Å². The van der Waals surface area contributed by atoms with Gasteiger partial charge in [-0.3, -0.25) is 9.59 Å². The van der Waals surface area contributed by atoms with Gasteiger partial charge >= 0.3 is 0 Å². The Balaban J connectivity index is 1.63. The van der Waals surface area contributed by atoms with Crippen LogP contribution in [0.25, 0.3) is 11.0 Å². The normalized spacial score (nSPS) is 18.9. The van der Waals surface area contributed by atoms with Crippen molar-refractivity contribution < 1.29 is 28.6 Å². The number of halogens is 1. The fourth-order valence-electron chi connectivity index (χ4n) is 5.04. The maximum Gasteiger partial charge on any atom is 0.290 e. The molecule has 0 bridgehead atoms. The Morgan fingerprint density at radius 1 is 1.12 bits per heavy atom. The van der Waals surface area contributed by atoms with Crippen molar-refractivity contribution in [1.82, 2.24) is 4.90 Å². The number of hydrogen-bond donors (Lipinski definition) is 1. The van der Waals surface area contributed by atoms with Crippen LogP contribution < -0.4 is 9.47 Å². The van der Waals surface area contributed by atoms with E-state index in [4.69, 9.17) is 25.5 Å². The lowest BCUT2D eigenvalue weighted by Gasteiger charge is -2.32. The molecule has 2 heterocycles. The van der Waals surface area contributed by atoms with Crippen LogP contribution >= 0.6 is 11.6 Å². The lowest BCUT2D eigenvalue weighted by atomic mass is 9.94. The fourth-order valence-corrected chi connectivity index (χ4v) is 5.25. The van der Waals surface area contributed by atoms with Gasteiger partial charge in [-0.05, 0) is 42.7 Å². The van der Waals surface area contributed by atoms with Gasteiger partial charge in [0.2, 0.25) is 5.78 Å². The third-order valence-corrected chi connectivity index (χ3v) is 6.82. The molecule has 176 valence electrons. The zero-order valence-corrected chi connectivity index (χ0v) is 19.6. The number of aliphatic hydroxyl groups excluding tert-OH is 1. The van der Waals surface area contributed by atoms with Gasteiger partial charge < -0.3 is 23.9 Å². The van der Waals surface area contributed by atoms with Crippen molar-refractivity contribution in [3.63, 3.8) is 0 Å². The summed E-state index contributed by atoms with van der Waals surface area (Å²) in [6.07, 6.45) is 3.63. The zero-order chi connectivity index (χ0) is 24.0. The minimum atomic E-state index is -0.753. The molecule has 7 nitrogen and oxygen atoms in total. The molecule has 1 aromatic heterocycles. The number of aliphatic hydroxyl groups is 1. The summed E-state index contributed by atoms with van der Waals surface area (Å²) in [5, 5.41) is 12.0. The van der Waals surface area contributed by atoms with Crippen molar-refractivity contribution >= 4 is 34.3 Å². The lowest BCUT2D eigenvalue weighted by Crippen LogP contribution is -2.38. The van der Waals surface area contributed by atoms with Crippen LogP contribution in [0.3, 0.4) is 0 Å². The second-order valence-corrected chi connectivity index (χ2v) is 8.99. The number of carbonyl (C=O) groups is 2. The maximum atomic E-state index is 13.8. The molecule has 2 aliphatic rings. The number of ether oxygens (including phenoxy) is 2. The summed E-state index contributed by atoms with van der Waals surface area (Å²) in [4.78, 5) is 28.7. The molecule has 1 aliphatic heterocycles. The number of amides is 1. The lowest BCUT2D eigenvalue weighted by molar-refractivity contribution is -0.131. The molecule has 3 aromatic rings. The molecular weight excluding hydrogens is 458 g/mol. The molecule has 0 saturated heterocycles. The van der Waals surface area contributed by atoms with E-state index in [1.165, 1.54) is 7.11 Å². The van der Waals surface area contributed by atoms with E-state index in [0.29, 0.717) is 33.1 Å². The Labute approximate surface area is 201 Å². The molecule has 0 spiro atoms. The first-order valence-electron chi connectivity index (χ1n) is 11.1. The number of ketones is 1. The SMILES string of the molecule is COc1cccc(C2C(C(=O)c3cc4cc(Cl)cc(OC)c4o3)=C(O)C(=O)N2C2CCCC2)c1. The number of nitrogens with zero attached hydrogens (tertiary/aromatic N) is 1. The van der Waals surface area contributed by atoms with E-state index in [-0.39, 0.29) is 17.4 Å². The Morgan fingerprint density at radius 2 is 1.88 bits per heavy atom. The van der Waals surface area contributed by atoms with Gasteiger partial charge in [0.15, 0.2) is 22.9 Å². The summed E-state index contributed by atoms with van der Waals surface area (Å²) in [7, 11) is 3.04. The van der Waals surface area contributed by atoms with Crippen LogP contribution in [0.2, 0.25) is 5.02 Å². The number of Topliss-reactive ketones (excluding diaryl/α,β-unsaturated/α-hetero) is 1. The quantitative estimate of drug-likeness (QED) is 0.459. The average Bonchev–Trinajstić information content (AvgIpc) is 3.57. The molecule has 5 rings (SSSR count). The van der Waals surface area contributed by atoms with Gasteiger partial charge in [-0.1, -0.05) is 36.6 Å². The van der Waals surface area contributed by atoms with E-state index < -0.39 is 23.5 Å². The Hall–Kier alpha value is -3.45. The standard InChI is InChI=1S/C26H24ClNO6/c1-32-18-9-5-6-14(11-18)22-21(24(30)26(31)28(22)17-7-3-4-8-17)23(29)19-12-15-10-16(27)13-20(33-2)25(15)34-19/h5-6,9-13,17,22,30H,3-4,7-8H2,1-2H3. The highest BCUT2D eigenvalue weighted by molar-refractivity contribution is 6.31. The van der Waals surface area contributed by atoms with Crippen LogP contribution in [0, 0.1) is 0 Å². The van der Waals surface area contributed by atoms with Crippen LogP contribution in [0.1, 0.15) is 47.8 Å². The first-order valence-corrected chi connectivity index (χ1v) is 11.5. The molecule has 2 aromatic carbocycles. The summed E-state index contributed by atoms with van der Waals surface area (Å²) < 4.78 is 16.6. The summed E-state index contributed by atoms with van der Waals surface area (Å²) >= 11 is 6.17. The van der Waals surface area contributed by atoms with Gasteiger partial charge in [0, 0.05) is 22.5 Å². The highest BCUT2D eigenvalue weighted by Crippen LogP contribution is 2.44. The van der Waals surface area contributed by atoms with Crippen molar-refractivity contribution in [2.45, 2.75) is 37.8 Å². The molecule has 1 atom stereocenters. The molecule has 1 unspecified atom stereocenters. The van der Waals surface area contributed by atoms with Crippen LogP contribution in [0.5, 0.6) is 11.5 Å². The van der Waals surface area contributed by atoms with E-state index in [1.54, 1.807) is 48.4 Å². The van der Waals surface area contributed by atoms with Crippen LogP contribution in [-0.4, -0.2) is 42.0 Å². The second-order valence-electron chi connectivity index (χ2n) is 8.56. The van der Waals surface area contributed by atoms with E-state index in [9.17, 15) is 14.7 Å². The van der Waals surface area contributed by atoms with Gasteiger partial charge in [-0.15, -0.1) is 0 Å². The van der Waals surface area contributed by atoms with Gasteiger partial charge in [0.1, 0.15) is 5.75 Å². The molecule has 1 N–H and O–H groups in total. The van der Waals surface area contributed by atoms with Crippen molar-refractivity contribution in [3.8, 4) is 11.5 Å². The number of carbonyl (C=O) groups excluding carboxylic acids is 2. The molecule has 1 amide bonds. The van der Waals surface area contributed by atoms with Crippen LogP contribution in [0.4, 0.5) is 0 Å². The average molecular weight is 482 g/mol.